The summed E-state index contributed by atoms with van der Waals surface area (Å²) in [4.78, 5) is 26.3. The van der Waals surface area contributed by atoms with Gasteiger partial charge in [0, 0.05) is 12.6 Å². The average molecular weight is 253 g/mol. The van der Waals surface area contributed by atoms with E-state index >= 15 is 0 Å². The molecule has 0 spiro atoms. The van der Waals surface area contributed by atoms with Crippen molar-refractivity contribution in [3.63, 3.8) is 0 Å². The Hall–Kier alpha value is -0.900. The number of rotatable bonds is 4. The van der Waals surface area contributed by atoms with Crippen LogP contribution in [0.3, 0.4) is 0 Å². The Kier molecular flexibility index (Phi) is 4.05. The zero-order chi connectivity index (χ0) is 13.3. The molecule has 3 unspecified atom stereocenters. The zero-order valence-corrected chi connectivity index (χ0v) is 11.3. The Morgan fingerprint density at radius 1 is 1.17 bits per heavy atom. The second-order valence-electron chi connectivity index (χ2n) is 5.87. The van der Waals surface area contributed by atoms with Crippen LogP contribution >= 0.6 is 0 Å². The molecule has 4 nitrogen and oxygen atoms in total. The second-order valence-corrected chi connectivity index (χ2v) is 5.87. The van der Waals surface area contributed by atoms with Gasteiger partial charge in [-0.2, -0.15) is 0 Å². The number of amides is 2. The van der Waals surface area contributed by atoms with Crippen molar-refractivity contribution in [2.75, 3.05) is 6.61 Å². The standard InChI is InChI=1S/C14H23NO3/c1-9(2)12(7-8-16)15-13(17)10-5-3-4-6-11(10)14(15)18/h9-12,16H,3-8H2,1-2H3. The fourth-order valence-electron chi connectivity index (χ4n) is 3.41. The minimum Gasteiger partial charge on any atom is -0.396 e. The van der Waals surface area contributed by atoms with E-state index in [0.717, 1.165) is 25.7 Å². The summed E-state index contributed by atoms with van der Waals surface area (Å²) in [6.45, 7) is 4.03. The molecule has 0 aromatic carbocycles. The van der Waals surface area contributed by atoms with Gasteiger partial charge in [0.05, 0.1) is 11.8 Å². The van der Waals surface area contributed by atoms with Crippen molar-refractivity contribution < 1.29 is 14.7 Å². The SMILES string of the molecule is CC(C)C(CCO)N1C(=O)C2CCCCC2C1=O. The molecule has 1 N–H and O–H groups in total. The van der Waals surface area contributed by atoms with Crippen LogP contribution in [0, 0.1) is 17.8 Å². The lowest BCUT2D eigenvalue weighted by molar-refractivity contribution is -0.144. The topological polar surface area (TPSA) is 57.6 Å². The first-order valence-electron chi connectivity index (χ1n) is 7.05. The van der Waals surface area contributed by atoms with Gasteiger partial charge in [-0.15, -0.1) is 0 Å². The summed E-state index contributed by atoms with van der Waals surface area (Å²) in [5, 5.41) is 9.13. The fraction of sp³-hybridized carbons (Fsp3) is 0.857. The minimum absolute atomic E-state index is 0.0110. The van der Waals surface area contributed by atoms with Gasteiger partial charge in [-0.3, -0.25) is 14.5 Å². The van der Waals surface area contributed by atoms with Crippen molar-refractivity contribution in [1.82, 2.24) is 4.90 Å². The molecule has 0 aromatic heterocycles. The van der Waals surface area contributed by atoms with Crippen LogP contribution in [0.5, 0.6) is 0 Å². The molecular formula is C14H23NO3. The van der Waals surface area contributed by atoms with Crippen molar-refractivity contribution in [3.05, 3.63) is 0 Å². The number of aliphatic hydroxyl groups is 1. The number of hydrogen-bond acceptors (Lipinski definition) is 3. The Morgan fingerprint density at radius 2 is 1.67 bits per heavy atom. The molecule has 2 fully saturated rings. The van der Waals surface area contributed by atoms with E-state index in [0.29, 0.717) is 6.42 Å². The summed E-state index contributed by atoms with van der Waals surface area (Å²) in [6.07, 6.45) is 4.32. The molecule has 0 aromatic rings. The number of carbonyl (C=O) groups excluding carboxylic acids is 2. The van der Waals surface area contributed by atoms with E-state index in [4.69, 9.17) is 5.11 Å². The summed E-state index contributed by atoms with van der Waals surface area (Å²) in [7, 11) is 0. The highest BCUT2D eigenvalue weighted by Gasteiger charge is 2.50. The molecule has 1 aliphatic carbocycles. The van der Waals surface area contributed by atoms with Crippen LogP contribution in [-0.4, -0.2) is 34.5 Å². The molecule has 1 saturated heterocycles. The highest BCUT2D eigenvalue weighted by molar-refractivity contribution is 6.05. The number of hydrogen-bond donors (Lipinski definition) is 1. The quantitative estimate of drug-likeness (QED) is 0.774. The van der Waals surface area contributed by atoms with Crippen molar-refractivity contribution in [3.8, 4) is 0 Å². The average Bonchev–Trinajstić information content (AvgIpc) is 2.60. The van der Waals surface area contributed by atoms with Gasteiger partial charge in [0.1, 0.15) is 0 Å². The Morgan fingerprint density at radius 3 is 2.06 bits per heavy atom. The third kappa shape index (κ3) is 2.18. The molecule has 4 heteroatoms. The fourth-order valence-corrected chi connectivity index (χ4v) is 3.41. The lowest BCUT2D eigenvalue weighted by Crippen LogP contribution is -2.44. The Balaban J connectivity index is 2.21. The third-order valence-corrected chi connectivity index (χ3v) is 4.40. The van der Waals surface area contributed by atoms with Crippen molar-refractivity contribution in [2.24, 2.45) is 17.8 Å². The molecule has 0 radical (unpaired) electrons. The van der Waals surface area contributed by atoms with Crippen LogP contribution in [0.4, 0.5) is 0 Å². The van der Waals surface area contributed by atoms with E-state index in [1.54, 1.807) is 0 Å². The maximum Gasteiger partial charge on any atom is 0.233 e. The molecule has 1 aliphatic heterocycles. The molecule has 3 atom stereocenters. The third-order valence-electron chi connectivity index (χ3n) is 4.40. The predicted molar refractivity (Wildman–Crippen MR) is 67.6 cm³/mol. The maximum atomic E-state index is 12.4. The molecule has 102 valence electrons. The first-order valence-corrected chi connectivity index (χ1v) is 7.05. The van der Waals surface area contributed by atoms with Gasteiger partial charge in [0.25, 0.3) is 0 Å². The molecule has 0 bridgehead atoms. The number of fused-ring (bicyclic) bond motifs is 1. The predicted octanol–water partition coefficient (Wildman–Crippen LogP) is 1.57. The van der Waals surface area contributed by atoms with Gasteiger partial charge in [-0.1, -0.05) is 26.7 Å². The van der Waals surface area contributed by atoms with E-state index < -0.39 is 0 Å². The Bertz CT molecular complexity index is 316. The maximum absolute atomic E-state index is 12.4. The van der Waals surface area contributed by atoms with Gasteiger partial charge in [-0.25, -0.2) is 0 Å². The number of aliphatic hydroxyl groups excluding tert-OH is 1. The number of carbonyl (C=O) groups is 2. The zero-order valence-electron chi connectivity index (χ0n) is 11.3. The highest BCUT2D eigenvalue weighted by Crippen LogP contribution is 2.40. The van der Waals surface area contributed by atoms with Gasteiger partial charge >= 0.3 is 0 Å². The van der Waals surface area contributed by atoms with E-state index in [2.05, 4.69) is 0 Å². The van der Waals surface area contributed by atoms with Crippen LogP contribution in [-0.2, 0) is 9.59 Å². The Labute approximate surface area is 108 Å². The van der Waals surface area contributed by atoms with Crippen LogP contribution in [0.25, 0.3) is 0 Å². The molecular weight excluding hydrogens is 230 g/mol. The molecule has 2 amide bonds. The summed E-state index contributed by atoms with van der Waals surface area (Å²) in [5.74, 6) is 0.0660. The van der Waals surface area contributed by atoms with Crippen LogP contribution in [0.1, 0.15) is 46.0 Å². The summed E-state index contributed by atoms with van der Waals surface area (Å²) >= 11 is 0. The number of imide groups is 1. The van der Waals surface area contributed by atoms with E-state index in [9.17, 15) is 9.59 Å². The van der Waals surface area contributed by atoms with Gasteiger partial charge in [-0.05, 0) is 25.2 Å². The lowest BCUT2D eigenvalue weighted by Gasteiger charge is -2.29. The van der Waals surface area contributed by atoms with Crippen LogP contribution < -0.4 is 0 Å². The molecule has 2 rings (SSSR count). The molecule has 1 heterocycles. The van der Waals surface area contributed by atoms with E-state index in [1.807, 2.05) is 13.8 Å². The molecule has 2 aliphatic rings. The number of likely N-dealkylation sites (tertiary alicyclic amines) is 1. The van der Waals surface area contributed by atoms with Crippen molar-refractivity contribution >= 4 is 11.8 Å². The smallest absolute Gasteiger partial charge is 0.233 e. The highest BCUT2D eigenvalue weighted by atomic mass is 16.3. The summed E-state index contributed by atoms with van der Waals surface area (Å²) in [5.41, 5.74) is 0. The largest absolute Gasteiger partial charge is 0.396 e. The molecule has 1 saturated carbocycles. The summed E-state index contributed by atoms with van der Waals surface area (Å²) in [6, 6.07) is -0.138. The first-order chi connectivity index (χ1) is 8.57. The summed E-state index contributed by atoms with van der Waals surface area (Å²) < 4.78 is 0. The van der Waals surface area contributed by atoms with Crippen LogP contribution in [0.15, 0.2) is 0 Å². The second kappa shape index (κ2) is 5.39. The number of nitrogens with zero attached hydrogens (tertiary/aromatic N) is 1. The lowest BCUT2D eigenvalue weighted by atomic mass is 9.81. The van der Waals surface area contributed by atoms with Crippen LogP contribution in [0.2, 0.25) is 0 Å². The monoisotopic (exact) mass is 253 g/mol. The first kappa shape index (κ1) is 13.5. The van der Waals surface area contributed by atoms with E-state index in [1.165, 1.54) is 4.90 Å². The molecule has 18 heavy (non-hydrogen) atoms. The van der Waals surface area contributed by atoms with Gasteiger partial charge in [0.2, 0.25) is 11.8 Å². The minimum atomic E-state index is -0.138. The van der Waals surface area contributed by atoms with Crippen molar-refractivity contribution in [2.45, 2.75) is 52.0 Å². The van der Waals surface area contributed by atoms with Gasteiger partial charge in [0.15, 0.2) is 0 Å². The normalized spacial score (nSPS) is 29.9. The van der Waals surface area contributed by atoms with E-state index in [-0.39, 0.29) is 42.2 Å². The van der Waals surface area contributed by atoms with Crippen molar-refractivity contribution in [1.29, 1.82) is 0 Å². The van der Waals surface area contributed by atoms with Gasteiger partial charge < -0.3 is 5.11 Å².